The average molecular weight is 401 g/mol. The molecule has 2 aromatic carbocycles. The van der Waals surface area contributed by atoms with Crippen LogP contribution < -0.4 is 15.0 Å². The van der Waals surface area contributed by atoms with Crippen LogP contribution in [-0.4, -0.2) is 24.9 Å². The molecule has 2 amide bonds. The highest BCUT2D eigenvalue weighted by atomic mass is 35.5. The zero-order valence-electron chi connectivity index (χ0n) is 16.2. The van der Waals surface area contributed by atoms with E-state index in [4.69, 9.17) is 16.3 Å². The Morgan fingerprint density at radius 3 is 2.50 bits per heavy atom. The summed E-state index contributed by atoms with van der Waals surface area (Å²) in [6.07, 6.45) is 0.249. The van der Waals surface area contributed by atoms with Crippen molar-refractivity contribution in [3.8, 4) is 5.75 Å². The highest BCUT2D eigenvalue weighted by molar-refractivity contribution is 6.30. The number of rotatable bonds is 7. The fraction of sp³-hybridized carbons (Fsp3) is 0.364. The predicted octanol–water partition coefficient (Wildman–Crippen LogP) is 4.04. The van der Waals surface area contributed by atoms with Crippen LogP contribution in [0.3, 0.4) is 0 Å². The molecule has 0 saturated carbocycles. The standard InChI is InChI=1S/C22H25ClN2O3/c1-15(2)12-24-22(27)17-11-21(26)25(13-17)19-7-9-20(10-8-19)28-14-16-3-5-18(23)6-4-16/h3-10,15,17H,11-14H2,1-2H3,(H,24,27)/t17-/m0/s1. The Hall–Kier alpha value is -2.53. The minimum Gasteiger partial charge on any atom is -0.489 e. The summed E-state index contributed by atoms with van der Waals surface area (Å²) in [7, 11) is 0. The molecular weight excluding hydrogens is 376 g/mol. The second kappa shape index (κ2) is 9.11. The van der Waals surface area contributed by atoms with Gasteiger partial charge in [-0.2, -0.15) is 0 Å². The minimum absolute atomic E-state index is 0.0282. The Morgan fingerprint density at radius 2 is 1.86 bits per heavy atom. The molecule has 1 heterocycles. The number of carbonyl (C=O) groups is 2. The molecule has 6 heteroatoms. The molecule has 1 aliphatic rings. The summed E-state index contributed by atoms with van der Waals surface area (Å²) in [5.74, 6) is 0.730. The molecule has 1 fully saturated rings. The molecule has 1 N–H and O–H groups in total. The first-order valence-corrected chi connectivity index (χ1v) is 9.85. The first kappa shape index (κ1) is 20.2. The molecule has 0 spiro atoms. The monoisotopic (exact) mass is 400 g/mol. The molecule has 148 valence electrons. The van der Waals surface area contributed by atoms with Gasteiger partial charge in [0.2, 0.25) is 11.8 Å². The van der Waals surface area contributed by atoms with Gasteiger partial charge in [-0.15, -0.1) is 0 Å². The van der Waals surface area contributed by atoms with E-state index in [1.54, 1.807) is 4.90 Å². The highest BCUT2D eigenvalue weighted by Gasteiger charge is 2.35. The molecule has 28 heavy (non-hydrogen) atoms. The first-order valence-electron chi connectivity index (χ1n) is 9.47. The number of carbonyl (C=O) groups excluding carboxylic acids is 2. The number of ether oxygens (including phenoxy) is 1. The van der Waals surface area contributed by atoms with Crippen molar-refractivity contribution in [2.75, 3.05) is 18.0 Å². The van der Waals surface area contributed by atoms with Crippen LogP contribution in [0.1, 0.15) is 25.8 Å². The van der Waals surface area contributed by atoms with Crippen molar-refractivity contribution in [3.05, 3.63) is 59.1 Å². The number of nitrogens with zero attached hydrogens (tertiary/aromatic N) is 1. The molecule has 1 aliphatic heterocycles. The lowest BCUT2D eigenvalue weighted by Crippen LogP contribution is -2.34. The van der Waals surface area contributed by atoms with Crippen LogP contribution in [-0.2, 0) is 16.2 Å². The number of anilines is 1. The molecule has 2 aromatic rings. The van der Waals surface area contributed by atoms with Gasteiger partial charge in [0.05, 0.1) is 5.92 Å². The van der Waals surface area contributed by atoms with Crippen molar-refractivity contribution in [3.63, 3.8) is 0 Å². The average Bonchev–Trinajstić information content (AvgIpc) is 3.08. The summed E-state index contributed by atoms with van der Waals surface area (Å²) in [4.78, 5) is 26.3. The van der Waals surface area contributed by atoms with E-state index in [1.165, 1.54) is 0 Å². The van der Waals surface area contributed by atoms with E-state index in [2.05, 4.69) is 5.32 Å². The van der Waals surface area contributed by atoms with Crippen molar-refractivity contribution < 1.29 is 14.3 Å². The maximum absolute atomic E-state index is 12.4. The lowest BCUT2D eigenvalue weighted by Gasteiger charge is -2.17. The van der Waals surface area contributed by atoms with E-state index < -0.39 is 0 Å². The Kier molecular flexibility index (Phi) is 6.57. The summed E-state index contributed by atoms with van der Waals surface area (Å²) in [5, 5.41) is 3.61. The van der Waals surface area contributed by atoms with Gasteiger partial charge in [0.1, 0.15) is 12.4 Å². The van der Waals surface area contributed by atoms with E-state index in [1.807, 2.05) is 62.4 Å². The van der Waals surface area contributed by atoms with E-state index in [9.17, 15) is 9.59 Å². The fourth-order valence-corrected chi connectivity index (χ4v) is 3.18. The van der Waals surface area contributed by atoms with Gasteiger partial charge >= 0.3 is 0 Å². The van der Waals surface area contributed by atoms with Gasteiger partial charge in [-0.1, -0.05) is 37.6 Å². The maximum Gasteiger partial charge on any atom is 0.227 e. The Balaban J connectivity index is 1.56. The van der Waals surface area contributed by atoms with E-state index in [0.29, 0.717) is 30.6 Å². The fourth-order valence-electron chi connectivity index (χ4n) is 3.05. The van der Waals surface area contributed by atoms with E-state index >= 15 is 0 Å². The topological polar surface area (TPSA) is 58.6 Å². The summed E-state index contributed by atoms with van der Waals surface area (Å²) in [6.45, 7) is 5.57. The van der Waals surface area contributed by atoms with Crippen molar-refractivity contribution in [1.82, 2.24) is 5.32 Å². The third-order valence-electron chi connectivity index (χ3n) is 4.65. The van der Waals surface area contributed by atoms with Crippen molar-refractivity contribution >= 4 is 29.1 Å². The number of hydrogen-bond donors (Lipinski definition) is 1. The zero-order chi connectivity index (χ0) is 20.1. The second-order valence-electron chi connectivity index (χ2n) is 7.45. The highest BCUT2D eigenvalue weighted by Crippen LogP contribution is 2.27. The van der Waals surface area contributed by atoms with Gasteiger partial charge in [-0.25, -0.2) is 0 Å². The third-order valence-corrected chi connectivity index (χ3v) is 4.90. The summed E-state index contributed by atoms with van der Waals surface area (Å²) in [5.41, 5.74) is 1.81. The predicted molar refractivity (Wildman–Crippen MR) is 111 cm³/mol. The number of halogens is 1. The van der Waals surface area contributed by atoms with E-state index in [0.717, 1.165) is 17.0 Å². The number of amides is 2. The molecule has 1 saturated heterocycles. The van der Waals surface area contributed by atoms with Crippen LogP contribution in [0.15, 0.2) is 48.5 Å². The van der Waals surface area contributed by atoms with Crippen LogP contribution in [0.5, 0.6) is 5.75 Å². The quantitative estimate of drug-likeness (QED) is 0.762. The van der Waals surface area contributed by atoms with Crippen LogP contribution in [0.25, 0.3) is 0 Å². The molecular formula is C22H25ClN2O3. The summed E-state index contributed by atoms with van der Waals surface area (Å²) < 4.78 is 5.78. The smallest absolute Gasteiger partial charge is 0.227 e. The zero-order valence-corrected chi connectivity index (χ0v) is 16.9. The molecule has 5 nitrogen and oxygen atoms in total. The van der Waals surface area contributed by atoms with Crippen LogP contribution in [0.4, 0.5) is 5.69 Å². The summed E-state index contributed by atoms with van der Waals surface area (Å²) >= 11 is 5.88. The molecule has 0 bridgehead atoms. The SMILES string of the molecule is CC(C)CNC(=O)[C@H]1CC(=O)N(c2ccc(OCc3ccc(Cl)cc3)cc2)C1. The molecule has 0 radical (unpaired) electrons. The van der Waals surface area contributed by atoms with Crippen LogP contribution in [0, 0.1) is 11.8 Å². The molecule has 0 unspecified atom stereocenters. The molecule has 0 aliphatic carbocycles. The number of nitrogens with one attached hydrogen (secondary N) is 1. The van der Waals surface area contributed by atoms with Gasteiger partial charge in [0.15, 0.2) is 0 Å². The maximum atomic E-state index is 12.4. The Morgan fingerprint density at radius 1 is 1.18 bits per heavy atom. The number of benzene rings is 2. The first-order chi connectivity index (χ1) is 13.4. The van der Waals surface area contributed by atoms with Gasteiger partial charge in [0, 0.05) is 30.2 Å². The Bertz CT molecular complexity index is 819. The molecule has 3 rings (SSSR count). The van der Waals surface area contributed by atoms with Crippen molar-refractivity contribution in [1.29, 1.82) is 0 Å². The lowest BCUT2D eigenvalue weighted by atomic mass is 10.1. The molecule has 1 atom stereocenters. The minimum atomic E-state index is -0.299. The van der Waals surface area contributed by atoms with Gasteiger partial charge in [0.25, 0.3) is 0 Å². The van der Waals surface area contributed by atoms with E-state index in [-0.39, 0.29) is 24.2 Å². The lowest BCUT2D eigenvalue weighted by molar-refractivity contribution is -0.126. The van der Waals surface area contributed by atoms with Gasteiger partial charge in [-0.3, -0.25) is 9.59 Å². The normalized spacial score (nSPS) is 16.5. The largest absolute Gasteiger partial charge is 0.489 e. The third kappa shape index (κ3) is 5.26. The van der Waals surface area contributed by atoms with Crippen molar-refractivity contribution in [2.45, 2.75) is 26.9 Å². The Labute approximate surface area is 170 Å². The van der Waals surface area contributed by atoms with Gasteiger partial charge < -0.3 is 15.0 Å². The van der Waals surface area contributed by atoms with Gasteiger partial charge in [-0.05, 0) is 47.9 Å². The second-order valence-corrected chi connectivity index (χ2v) is 7.89. The molecule has 0 aromatic heterocycles. The summed E-state index contributed by atoms with van der Waals surface area (Å²) in [6, 6.07) is 14.9. The van der Waals surface area contributed by atoms with Crippen LogP contribution in [0.2, 0.25) is 5.02 Å². The van der Waals surface area contributed by atoms with Crippen molar-refractivity contribution in [2.24, 2.45) is 11.8 Å². The van der Waals surface area contributed by atoms with Crippen LogP contribution >= 0.6 is 11.6 Å². The number of hydrogen-bond acceptors (Lipinski definition) is 3.